The lowest BCUT2D eigenvalue weighted by molar-refractivity contribution is -0.127. The van der Waals surface area contributed by atoms with Gasteiger partial charge < -0.3 is 16.3 Å². The molecule has 1 amide bonds. The highest BCUT2D eigenvalue weighted by Gasteiger charge is 2.36. The van der Waals surface area contributed by atoms with Gasteiger partial charge in [-0.05, 0) is 20.3 Å². The zero-order valence-electron chi connectivity index (χ0n) is 10.7. The summed E-state index contributed by atoms with van der Waals surface area (Å²) >= 11 is 1.49. The number of amidine groups is 1. The molecular formula is C11H18N4O2S. The number of carbonyl (C=O) groups is 1. The van der Waals surface area contributed by atoms with Crippen LogP contribution in [-0.2, 0) is 11.3 Å². The zero-order valence-corrected chi connectivity index (χ0v) is 11.5. The lowest BCUT2D eigenvalue weighted by Crippen LogP contribution is -2.47. The highest BCUT2D eigenvalue weighted by Crippen LogP contribution is 2.21. The molecule has 0 aromatic carbocycles. The SMILES string of the molecule is CCC(C)(C(=O)NCc1nc(C)cs1)C(N)=NO. The van der Waals surface area contributed by atoms with Crippen LogP contribution in [-0.4, -0.2) is 21.9 Å². The quantitative estimate of drug-likeness (QED) is 0.324. The molecule has 18 heavy (non-hydrogen) atoms. The van der Waals surface area contributed by atoms with Gasteiger partial charge in [-0.3, -0.25) is 4.79 Å². The van der Waals surface area contributed by atoms with Crippen LogP contribution in [0.2, 0.25) is 0 Å². The van der Waals surface area contributed by atoms with Crippen LogP contribution in [0.4, 0.5) is 0 Å². The van der Waals surface area contributed by atoms with E-state index in [-0.39, 0.29) is 11.7 Å². The molecule has 7 heteroatoms. The van der Waals surface area contributed by atoms with Gasteiger partial charge in [0.25, 0.3) is 0 Å². The number of aromatic nitrogens is 1. The molecule has 0 saturated heterocycles. The van der Waals surface area contributed by atoms with Crippen LogP contribution in [0.25, 0.3) is 0 Å². The molecule has 1 heterocycles. The summed E-state index contributed by atoms with van der Waals surface area (Å²) in [5.41, 5.74) is 5.49. The Hall–Kier alpha value is -1.63. The third kappa shape index (κ3) is 2.98. The Morgan fingerprint density at radius 3 is 2.83 bits per heavy atom. The Bertz CT molecular complexity index is 458. The maximum absolute atomic E-state index is 12.1. The maximum Gasteiger partial charge on any atom is 0.234 e. The zero-order chi connectivity index (χ0) is 13.8. The van der Waals surface area contributed by atoms with Crippen molar-refractivity contribution in [3.63, 3.8) is 0 Å². The molecule has 0 saturated carbocycles. The molecule has 1 atom stereocenters. The minimum atomic E-state index is -0.999. The summed E-state index contributed by atoms with van der Waals surface area (Å²) in [5.74, 6) is -0.356. The Balaban J connectivity index is 2.69. The highest BCUT2D eigenvalue weighted by atomic mass is 32.1. The van der Waals surface area contributed by atoms with Gasteiger partial charge in [0.2, 0.25) is 5.91 Å². The topological polar surface area (TPSA) is 101 Å². The van der Waals surface area contributed by atoms with Gasteiger partial charge in [-0.25, -0.2) is 4.98 Å². The molecule has 1 unspecified atom stereocenters. The number of thiazole rings is 1. The second-order valence-corrected chi connectivity index (χ2v) is 5.18. The van der Waals surface area contributed by atoms with Gasteiger partial charge >= 0.3 is 0 Å². The van der Waals surface area contributed by atoms with Gasteiger partial charge in [-0.15, -0.1) is 11.3 Å². The largest absolute Gasteiger partial charge is 0.409 e. The van der Waals surface area contributed by atoms with Gasteiger partial charge in [0.15, 0.2) is 5.84 Å². The molecule has 0 aliphatic rings. The lowest BCUT2D eigenvalue weighted by Gasteiger charge is -2.24. The van der Waals surface area contributed by atoms with Gasteiger partial charge in [0.1, 0.15) is 10.4 Å². The fourth-order valence-electron chi connectivity index (χ4n) is 1.40. The Kier molecular flexibility index (Phi) is 4.66. The molecule has 0 spiro atoms. The van der Waals surface area contributed by atoms with Crippen molar-refractivity contribution >= 4 is 23.1 Å². The molecule has 1 aromatic rings. The number of carbonyl (C=O) groups excluding carboxylic acids is 1. The minimum absolute atomic E-state index is 0.0854. The van der Waals surface area contributed by atoms with E-state index in [0.717, 1.165) is 10.7 Å². The molecule has 6 nitrogen and oxygen atoms in total. The number of rotatable bonds is 5. The van der Waals surface area contributed by atoms with Gasteiger partial charge in [0.05, 0.1) is 6.54 Å². The van der Waals surface area contributed by atoms with Crippen molar-refractivity contribution in [3.05, 3.63) is 16.1 Å². The number of amides is 1. The molecule has 4 N–H and O–H groups in total. The Morgan fingerprint density at radius 2 is 2.39 bits per heavy atom. The van der Waals surface area contributed by atoms with Gasteiger partial charge in [-0.2, -0.15) is 0 Å². The standard InChI is InChI=1S/C11H18N4O2S/c1-4-11(3,9(12)15-17)10(16)13-5-8-14-7(2)6-18-8/h6,17H,4-5H2,1-3H3,(H2,12,15)(H,13,16). The van der Waals surface area contributed by atoms with E-state index in [9.17, 15) is 4.79 Å². The smallest absolute Gasteiger partial charge is 0.234 e. The first kappa shape index (κ1) is 14.4. The monoisotopic (exact) mass is 270 g/mol. The Morgan fingerprint density at radius 1 is 1.72 bits per heavy atom. The van der Waals surface area contributed by atoms with Crippen molar-refractivity contribution < 1.29 is 10.0 Å². The molecule has 100 valence electrons. The molecule has 0 aliphatic carbocycles. The molecule has 0 fully saturated rings. The summed E-state index contributed by atoms with van der Waals surface area (Å²) in [5, 5.41) is 17.2. The molecule has 1 rings (SSSR count). The number of hydrogen-bond acceptors (Lipinski definition) is 5. The van der Waals surface area contributed by atoms with Gasteiger partial charge in [0, 0.05) is 11.1 Å². The second kappa shape index (κ2) is 5.81. The van der Waals surface area contributed by atoms with E-state index in [1.54, 1.807) is 6.92 Å². The van der Waals surface area contributed by atoms with Crippen LogP contribution in [0, 0.1) is 12.3 Å². The van der Waals surface area contributed by atoms with Gasteiger partial charge in [-0.1, -0.05) is 12.1 Å². The molecule has 0 radical (unpaired) electrons. The van der Waals surface area contributed by atoms with Crippen molar-refractivity contribution in [2.75, 3.05) is 0 Å². The fraction of sp³-hybridized carbons (Fsp3) is 0.545. The molecule has 0 aliphatic heterocycles. The van der Waals surface area contributed by atoms with E-state index < -0.39 is 5.41 Å². The second-order valence-electron chi connectivity index (χ2n) is 4.24. The predicted molar refractivity (Wildman–Crippen MR) is 70.5 cm³/mol. The van der Waals surface area contributed by atoms with E-state index in [4.69, 9.17) is 10.9 Å². The average molecular weight is 270 g/mol. The molecule has 0 bridgehead atoms. The summed E-state index contributed by atoms with van der Waals surface area (Å²) in [7, 11) is 0. The van der Waals surface area contributed by atoms with Crippen LogP contribution in [0.5, 0.6) is 0 Å². The van der Waals surface area contributed by atoms with Crippen molar-refractivity contribution in [1.82, 2.24) is 10.3 Å². The minimum Gasteiger partial charge on any atom is -0.409 e. The predicted octanol–water partition coefficient (Wildman–Crippen LogP) is 1.23. The number of oxime groups is 1. The summed E-state index contributed by atoms with van der Waals surface area (Å²) in [6, 6.07) is 0. The van der Waals surface area contributed by atoms with Crippen LogP contribution in [0.15, 0.2) is 10.5 Å². The lowest BCUT2D eigenvalue weighted by atomic mass is 9.85. The van der Waals surface area contributed by atoms with E-state index in [2.05, 4.69) is 15.5 Å². The van der Waals surface area contributed by atoms with Crippen molar-refractivity contribution in [2.45, 2.75) is 33.7 Å². The first-order valence-corrected chi connectivity index (χ1v) is 6.49. The maximum atomic E-state index is 12.1. The Labute approximate surface area is 110 Å². The number of nitrogens with two attached hydrogens (primary N) is 1. The van der Waals surface area contributed by atoms with Crippen LogP contribution in [0.1, 0.15) is 31.0 Å². The summed E-state index contributed by atoms with van der Waals surface area (Å²) in [6.45, 7) is 5.70. The van der Waals surface area contributed by atoms with E-state index in [1.165, 1.54) is 11.3 Å². The first-order chi connectivity index (χ1) is 8.43. The van der Waals surface area contributed by atoms with Crippen LogP contribution >= 0.6 is 11.3 Å². The number of hydrogen-bond donors (Lipinski definition) is 3. The summed E-state index contributed by atoms with van der Waals surface area (Å²) in [6.07, 6.45) is 0.450. The van der Waals surface area contributed by atoms with E-state index in [1.807, 2.05) is 19.2 Å². The van der Waals surface area contributed by atoms with Crippen LogP contribution in [0.3, 0.4) is 0 Å². The molecular weight excluding hydrogens is 252 g/mol. The summed E-state index contributed by atoms with van der Waals surface area (Å²) < 4.78 is 0. The third-order valence-corrected chi connectivity index (χ3v) is 3.91. The third-order valence-electron chi connectivity index (χ3n) is 2.95. The van der Waals surface area contributed by atoms with Crippen LogP contribution < -0.4 is 11.1 Å². The highest BCUT2D eigenvalue weighted by molar-refractivity contribution is 7.09. The number of nitrogens with one attached hydrogen (secondary N) is 1. The van der Waals surface area contributed by atoms with Crippen molar-refractivity contribution in [2.24, 2.45) is 16.3 Å². The normalized spacial score (nSPS) is 15.2. The van der Waals surface area contributed by atoms with E-state index in [0.29, 0.717) is 13.0 Å². The first-order valence-electron chi connectivity index (χ1n) is 5.61. The number of aryl methyl sites for hydroxylation is 1. The number of nitrogens with zero attached hydrogens (tertiary/aromatic N) is 2. The average Bonchev–Trinajstić information content (AvgIpc) is 2.79. The summed E-state index contributed by atoms with van der Waals surface area (Å²) in [4.78, 5) is 16.3. The van der Waals surface area contributed by atoms with E-state index >= 15 is 0 Å². The van der Waals surface area contributed by atoms with Crippen molar-refractivity contribution in [1.29, 1.82) is 0 Å². The molecule has 1 aromatic heterocycles. The van der Waals surface area contributed by atoms with Crippen molar-refractivity contribution in [3.8, 4) is 0 Å². The fourth-order valence-corrected chi connectivity index (χ4v) is 2.11.